The van der Waals surface area contributed by atoms with E-state index in [0.717, 1.165) is 12.8 Å². The second-order valence-corrected chi connectivity index (χ2v) is 4.65. The molecule has 1 aromatic rings. The Morgan fingerprint density at radius 2 is 2.00 bits per heavy atom. The van der Waals surface area contributed by atoms with Gasteiger partial charge in [0.15, 0.2) is 0 Å². The lowest BCUT2D eigenvalue weighted by atomic mass is 10.2. The molecule has 5 heteroatoms. The van der Waals surface area contributed by atoms with Gasteiger partial charge in [-0.25, -0.2) is 9.59 Å². The van der Waals surface area contributed by atoms with E-state index in [2.05, 4.69) is 15.4 Å². The monoisotopic (exact) mass is 262 g/mol. The fourth-order valence-electron chi connectivity index (χ4n) is 2.26. The van der Waals surface area contributed by atoms with E-state index in [1.165, 1.54) is 20.0 Å². The van der Waals surface area contributed by atoms with Crippen molar-refractivity contribution < 1.29 is 14.3 Å². The molecule has 1 aliphatic carbocycles. The van der Waals surface area contributed by atoms with Gasteiger partial charge in [0.25, 0.3) is 0 Å². The van der Waals surface area contributed by atoms with E-state index in [4.69, 9.17) is 0 Å². The van der Waals surface area contributed by atoms with E-state index in [9.17, 15) is 9.59 Å². The molecular weight excluding hydrogens is 244 g/mol. The Hall–Kier alpha value is -2.04. The number of urea groups is 1. The molecule has 0 radical (unpaired) electrons. The fourth-order valence-corrected chi connectivity index (χ4v) is 2.26. The van der Waals surface area contributed by atoms with Crippen LogP contribution in [0, 0.1) is 0 Å². The minimum absolute atomic E-state index is 0.228. The van der Waals surface area contributed by atoms with Crippen molar-refractivity contribution in [1.29, 1.82) is 0 Å². The molecule has 5 nitrogen and oxygen atoms in total. The van der Waals surface area contributed by atoms with Crippen molar-refractivity contribution in [2.45, 2.75) is 31.7 Å². The lowest BCUT2D eigenvalue weighted by Gasteiger charge is -2.13. The summed E-state index contributed by atoms with van der Waals surface area (Å²) in [4.78, 5) is 23.2. The van der Waals surface area contributed by atoms with Crippen molar-refractivity contribution in [2.24, 2.45) is 0 Å². The Kier molecular flexibility index (Phi) is 4.39. The predicted molar refractivity (Wildman–Crippen MR) is 72.2 cm³/mol. The molecule has 1 fully saturated rings. The van der Waals surface area contributed by atoms with Crippen LogP contribution in [0.15, 0.2) is 24.3 Å². The lowest BCUT2D eigenvalue weighted by Crippen LogP contribution is -2.36. The Bertz CT molecular complexity index is 468. The third kappa shape index (κ3) is 3.71. The Balaban J connectivity index is 1.94. The molecule has 2 rings (SSSR count). The maximum atomic E-state index is 11.8. The summed E-state index contributed by atoms with van der Waals surface area (Å²) in [6.45, 7) is 0. The van der Waals surface area contributed by atoms with Crippen LogP contribution in [0.4, 0.5) is 10.5 Å². The number of methoxy groups -OCH3 is 1. The average Bonchev–Trinajstić information content (AvgIpc) is 2.90. The minimum atomic E-state index is -0.417. The quantitative estimate of drug-likeness (QED) is 0.822. The average molecular weight is 262 g/mol. The molecule has 0 heterocycles. The van der Waals surface area contributed by atoms with Gasteiger partial charge in [-0.15, -0.1) is 0 Å². The summed E-state index contributed by atoms with van der Waals surface area (Å²) in [5.41, 5.74) is 1.000. The summed E-state index contributed by atoms with van der Waals surface area (Å²) in [5, 5.41) is 5.65. The fraction of sp³-hybridized carbons (Fsp3) is 0.429. The van der Waals surface area contributed by atoms with E-state index in [1.54, 1.807) is 24.3 Å². The molecule has 2 N–H and O–H groups in total. The summed E-state index contributed by atoms with van der Waals surface area (Å²) < 4.78 is 4.64. The number of benzene rings is 1. The van der Waals surface area contributed by atoms with Gasteiger partial charge >= 0.3 is 12.0 Å². The van der Waals surface area contributed by atoms with Gasteiger partial charge in [0.1, 0.15) is 0 Å². The maximum absolute atomic E-state index is 11.8. The molecule has 0 atom stereocenters. The molecular formula is C14H18N2O3. The molecule has 0 unspecified atom stereocenters. The van der Waals surface area contributed by atoms with E-state index >= 15 is 0 Å². The molecule has 0 bridgehead atoms. The van der Waals surface area contributed by atoms with Gasteiger partial charge in [0.2, 0.25) is 0 Å². The second kappa shape index (κ2) is 6.22. The summed E-state index contributed by atoms with van der Waals surface area (Å²) >= 11 is 0. The first-order chi connectivity index (χ1) is 9.19. The highest BCUT2D eigenvalue weighted by molar-refractivity contribution is 5.93. The van der Waals surface area contributed by atoms with Crippen molar-refractivity contribution in [3.63, 3.8) is 0 Å². The molecule has 1 aromatic carbocycles. The smallest absolute Gasteiger partial charge is 0.337 e. The number of ether oxygens (including phenoxy) is 1. The number of amides is 2. The Labute approximate surface area is 112 Å². The molecule has 2 amide bonds. The number of hydrogen-bond donors (Lipinski definition) is 2. The van der Waals surface area contributed by atoms with E-state index in [0.29, 0.717) is 11.3 Å². The third-order valence-corrected chi connectivity index (χ3v) is 3.23. The van der Waals surface area contributed by atoms with E-state index in [-0.39, 0.29) is 12.1 Å². The van der Waals surface area contributed by atoms with Crippen LogP contribution >= 0.6 is 0 Å². The molecule has 1 saturated carbocycles. The highest BCUT2D eigenvalue weighted by Gasteiger charge is 2.17. The van der Waals surface area contributed by atoms with Crippen LogP contribution in [0.25, 0.3) is 0 Å². The first-order valence-electron chi connectivity index (χ1n) is 6.45. The molecule has 19 heavy (non-hydrogen) atoms. The molecule has 0 aromatic heterocycles. The molecule has 0 aliphatic heterocycles. The van der Waals surface area contributed by atoms with Gasteiger partial charge in [-0.2, -0.15) is 0 Å². The molecule has 102 valence electrons. The van der Waals surface area contributed by atoms with Crippen LogP contribution in [0.2, 0.25) is 0 Å². The Morgan fingerprint density at radius 1 is 1.26 bits per heavy atom. The molecule has 0 spiro atoms. The zero-order valence-electron chi connectivity index (χ0n) is 10.9. The summed E-state index contributed by atoms with van der Waals surface area (Å²) in [6, 6.07) is 6.72. The van der Waals surface area contributed by atoms with Gasteiger partial charge in [-0.1, -0.05) is 18.9 Å². The lowest BCUT2D eigenvalue weighted by molar-refractivity contribution is 0.0600. The SMILES string of the molecule is COC(=O)c1cccc(NC(=O)NC2CCCC2)c1. The summed E-state index contributed by atoms with van der Waals surface area (Å²) in [5.74, 6) is -0.417. The van der Waals surface area contributed by atoms with E-state index in [1.807, 2.05) is 0 Å². The first-order valence-corrected chi connectivity index (χ1v) is 6.45. The van der Waals surface area contributed by atoms with Gasteiger partial charge in [0, 0.05) is 11.7 Å². The van der Waals surface area contributed by atoms with Gasteiger partial charge in [-0.05, 0) is 31.0 Å². The number of anilines is 1. The number of carbonyl (C=O) groups is 2. The zero-order chi connectivity index (χ0) is 13.7. The number of esters is 1. The van der Waals surface area contributed by atoms with E-state index < -0.39 is 5.97 Å². The van der Waals surface area contributed by atoms with Gasteiger partial charge in [0.05, 0.1) is 12.7 Å². The molecule has 0 saturated heterocycles. The van der Waals surface area contributed by atoms with Gasteiger partial charge < -0.3 is 15.4 Å². The highest BCUT2D eigenvalue weighted by atomic mass is 16.5. The third-order valence-electron chi connectivity index (χ3n) is 3.23. The number of carbonyl (C=O) groups excluding carboxylic acids is 2. The van der Waals surface area contributed by atoms with Crippen LogP contribution < -0.4 is 10.6 Å². The molecule has 1 aliphatic rings. The van der Waals surface area contributed by atoms with Crippen molar-refractivity contribution >= 4 is 17.7 Å². The maximum Gasteiger partial charge on any atom is 0.337 e. The highest BCUT2D eigenvalue weighted by Crippen LogP contribution is 2.18. The van der Waals surface area contributed by atoms with Gasteiger partial charge in [-0.3, -0.25) is 0 Å². The predicted octanol–water partition coefficient (Wildman–Crippen LogP) is 2.54. The van der Waals surface area contributed by atoms with Crippen molar-refractivity contribution in [1.82, 2.24) is 5.32 Å². The topological polar surface area (TPSA) is 67.4 Å². The van der Waals surface area contributed by atoms with Crippen molar-refractivity contribution in [2.75, 3.05) is 12.4 Å². The number of nitrogens with one attached hydrogen (secondary N) is 2. The number of hydrogen-bond acceptors (Lipinski definition) is 3. The van der Waals surface area contributed by atoms with Crippen LogP contribution in [0.3, 0.4) is 0 Å². The zero-order valence-corrected chi connectivity index (χ0v) is 10.9. The van der Waals surface area contributed by atoms with Crippen LogP contribution in [-0.2, 0) is 4.74 Å². The largest absolute Gasteiger partial charge is 0.465 e. The van der Waals surface area contributed by atoms with Crippen molar-refractivity contribution in [3.05, 3.63) is 29.8 Å². The van der Waals surface area contributed by atoms with Crippen LogP contribution in [-0.4, -0.2) is 25.2 Å². The van der Waals surface area contributed by atoms with Crippen molar-refractivity contribution in [3.8, 4) is 0 Å². The number of rotatable bonds is 3. The van der Waals surface area contributed by atoms with Crippen LogP contribution in [0.5, 0.6) is 0 Å². The minimum Gasteiger partial charge on any atom is -0.465 e. The standard InChI is InChI=1S/C14H18N2O3/c1-19-13(17)10-5-4-8-12(9-10)16-14(18)15-11-6-2-3-7-11/h4-5,8-9,11H,2-3,6-7H2,1H3,(H2,15,16,18). The normalized spacial score (nSPS) is 15.0. The summed E-state index contributed by atoms with van der Waals surface area (Å²) in [6.07, 6.45) is 4.41. The van der Waals surface area contributed by atoms with Crippen LogP contribution in [0.1, 0.15) is 36.0 Å². The first kappa shape index (κ1) is 13.4. The second-order valence-electron chi connectivity index (χ2n) is 4.65. The summed E-state index contributed by atoms with van der Waals surface area (Å²) in [7, 11) is 1.33. The Morgan fingerprint density at radius 3 is 2.68 bits per heavy atom.